The number of amides is 1. The lowest BCUT2D eigenvalue weighted by Crippen LogP contribution is -2.35. The second kappa shape index (κ2) is 11.1. The van der Waals surface area contributed by atoms with Crippen LogP contribution in [0.3, 0.4) is 0 Å². The van der Waals surface area contributed by atoms with E-state index in [-0.39, 0.29) is 27.1 Å². The number of Topliss-reactive ketones (excluding diaryl/α,β-unsaturated/α-hetero) is 1. The number of hydrogen-bond acceptors (Lipinski definition) is 8. The van der Waals surface area contributed by atoms with Gasteiger partial charge in [-0.2, -0.15) is 0 Å². The molecule has 2 aromatic carbocycles. The van der Waals surface area contributed by atoms with Crippen LogP contribution in [-0.2, 0) is 26.0 Å². The lowest BCUT2D eigenvalue weighted by Gasteiger charge is -2.24. The van der Waals surface area contributed by atoms with Gasteiger partial charge < -0.3 is 9.32 Å². The van der Waals surface area contributed by atoms with E-state index in [4.69, 9.17) is 21.8 Å². The van der Waals surface area contributed by atoms with Crippen LogP contribution in [-0.4, -0.2) is 48.3 Å². The SMILES string of the molecule is C/C(=C(/C(=O)Cc1ccccc1)N1C(=O)/C(=C/c2ccc(-c3ccc(S(N)(=O)=O)cc3)o2)SC1=S)N(C)C. The summed E-state index contributed by atoms with van der Waals surface area (Å²) in [7, 11) is -0.192. The third-order valence-corrected chi connectivity index (χ3v) is 8.10. The Morgan fingerprint density at radius 2 is 1.74 bits per heavy atom. The highest BCUT2D eigenvalue weighted by Gasteiger charge is 2.38. The molecule has 38 heavy (non-hydrogen) atoms. The number of primary sulfonamides is 1. The normalized spacial score (nSPS) is 15.7. The number of hydrogen-bond donors (Lipinski definition) is 1. The summed E-state index contributed by atoms with van der Waals surface area (Å²) < 4.78 is 29.1. The number of thioether (sulfide) groups is 1. The van der Waals surface area contributed by atoms with Crippen LogP contribution in [0.15, 0.2) is 92.3 Å². The number of thiocarbonyl (C=S) groups is 1. The molecular weight excluding hydrogens is 543 g/mol. The molecule has 1 aliphatic rings. The highest BCUT2D eigenvalue weighted by Crippen LogP contribution is 2.37. The average Bonchev–Trinajstić information content (AvgIpc) is 3.44. The van der Waals surface area contributed by atoms with E-state index in [9.17, 15) is 18.0 Å². The number of carbonyl (C=O) groups excluding carboxylic acids is 2. The second-order valence-electron chi connectivity index (χ2n) is 8.70. The van der Waals surface area contributed by atoms with Crippen LogP contribution in [0.4, 0.5) is 0 Å². The molecule has 196 valence electrons. The van der Waals surface area contributed by atoms with Gasteiger partial charge in [0.1, 0.15) is 17.2 Å². The largest absolute Gasteiger partial charge is 0.457 e. The minimum atomic E-state index is -3.80. The molecule has 1 amide bonds. The van der Waals surface area contributed by atoms with Crippen LogP contribution in [0, 0.1) is 0 Å². The van der Waals surface area contributed by atoms with Gasteiger partial charge in [0, 0.05) is 37.9 Å². The summed E-state index contributed by atoms with van der Waals surface area (Å²) in [6, 6.07) is 18.7. The Balaban J connectivity index is 1.61. The first-order chi connectivity index (χ1) is 18.0. The number of ketones is 1. The van der Waals surface area contributed by atoms with Crippen LogP contribution in [0.1, 0.15) is 18.2 Å². The summed E-state index contributed by atoms with van der Waals surface area (Å²) in [6.45, 7) is 1.78. The number of carbonyl (C=O) groups is 2. The van der Waals surface area contributed by atoms with E-state index in [1.165, 1.54) is 17.0 Å². The van der Waals surface area contributed by atoms with E-state index in [0.717, 1.165) is 17.3 Å². The quantitative estimate of drug-likeness (QED) is 0.315. The van der Waals surface area contributed by atoms with Gasteiger partial charge in [0.05, 0.1) is 9.80 Å². The van der Waals surface area contributed by atoms with Crippen LogP contribution < -0.4 is 5.14 Å². The van der Waals surface area contributed by atoms with E-state index < -0.39 is 15.9 Å². The van der Waals surface area contributed by atoms with Crippen molar-refractivity contribution < 1.29 is 22.4 Å². The van der Waals surface area contributed by atoms with Gasteiger partial charge in [-0.05, 0) is 48.9 Å². The van der Waals surface area contributed by atoms with Crippen LogP contribution in [0.5, 0.6) is 0 Å². The summed E-state index contributed by atoms with van der Waals surface area (Å²) in [5.41, 5.74) is 2.33. The first-order valence-corrected chi connectivity index (χ1v) is 14.2. The third-order valence-electron chi connectivity index (χ3n) is 5.87. The number of rotatable bonds is 8. The molecule has 0 saturated carbocycles. The van der Waals surface area contributed by atoms with Gasteiger partial charge in [0.25, 0.3) is 5.91 Å². The zero-order chi connectivity index (χ0) is 27.6. The van der Waals surface area contributed by atoms with Gasteiger partial charge in [-0.25, -0.2) is 13.6 Å². The molecule has 2 heterocycles. The Labute approximate surface area is 230 Å². The van der Waals surface area contributed by atoms with Crippen molar-refractivity contribution in [1.82, 2.24) is 9.80 Å². The van der Waals surface area contributed by atoms with Crippen molar-refractivity contribution in [3.05, 3.63) is 94.4 Å². The summed E-state index contributed by atoms with van der Waals surface area (Å²) >= 11 is 6.62. The fourth-order valence-corrected chi connectivity index (χ4v) is 5.52. The Morgan fingerprint density at radius 1 is 1.08 bits per heavy atom. The average molecular weight is 568 g/mol. The van der Waals surface area contributed by atoms with E-state index in [1.807, 2.05) is 30.3 Å². The molecule has 0 aliphatic carbocycles. The molecule has 0 unspecified atom stereocenters. The lowest BCUT2D eigenvalue weighted by molar-refractivity contribution is -0.124. The minimum Gasteiger partial charge on any atom is -0.457 e. The monoisotopic (exact) mass is 567 g/mol. The number of nitrogens with two attached hydrogens (primary N) is 1. The summed E-state index contributed by atoms with van der Waals surface area (Å²) in [5.74, 6) is 0.257. The first kappa shape index (κ1) is 27.5. The topological polar surface area (TPSA) is 114 Å². The number of allylic oxidation sites excluding steroid dienone is 2. The van der Waals surface area contributed by atoms with Crippen molar-refractivity contribution in [3.8, 4) is 11.3 Å². The maximum absolute atomic E-state index is 13.5. The standard InChI is InChI=1S/C27H25N3O5S3/c1-17(29(2)3)25(22(31)15-18-7-5-4-6-8-18)30-26(32)24(37-27(30)36)16-20-11-14-23(35-20)19-9-12-21(13-10-19)38(28,33)34/h4-14,16H,15H2,1-3H3,(H2,28,33,34)/b24-16-,25-17+. The van der Waals surface area contributed by atoms with Gasteiger partial charge in [0.15, 0.2) is 10.1 Å². The molecule has 1 aliphatic heterocycles. The molecule has 3 aromatic rings. The highest BCUT2D eigenvalue weighted by atomic mass is 32.2. The summed E-state index contributed by atoms with van der Waals surface area (Å²) in [6.07, 6.45) is 1.70. The predicted octanol–water partition coefficient (Wildman–Crippen LogP) is 4.40. The van der Waals surface area contributed by atoms with Gasteiger partial charge in [-0.1, -0.05) is 54.3 Å². The predicted molar refractivity (Wildman–Crippen MR) is 152 cm³/mol. The number of sulfonamides is 1. The van der Waals surface area contributed by atoms with Gasteiger partial charge in [-0.15, -0.1) is 0 Å². The van der Waals surface area contributed by atoms with E-state index >= 15 is 0 Å². The van der Waals surface area contributed by atoms with Crippen molar-refractivity contribution in [2.75, 3.05) is 14.1 Å². The molecule has 2 N–H and O–H groups in total. The molecule has 0 spiro atoms. The number of benzene rings is 2. The Hall–Kier alpha value is -3.51. The summed E-state index contributed by atoms with van der Waals surface area (Å²) in [4.78, 5) is 30.3. The van der Waals surface area contributed by atoms with Crippen LogP contribution in [0.25, 0.3) is 17.4 Å². The summed E-state index contributed by atoms with van der Waals surface area (Å²) in [5, 5.41) is 5.16. The molecule has 0 radical (unpaired) electrons. The van der Waals surface area contributed by atoms with Crippen molar-refractivity contribution in [1.29, 1.82) is 0 Å². The van der Waals surface area contributed by atoms with Crippen molar-refractivity contribution in [3.63, 3.8) is 0 Å². The molecule has 4 rings (SSSR count). The molecule has 11 heteroatoms. The fourth-order valence-electron chi connectivity index (χ4n) is 3.75. The maximum Gasteiger partial charge on any atom is 0.271 e. The smallest absolute Gasteiger partial charge is 0.271 e. The molecule has 1 aromatic heterocycles. The lowest BCUT2D eigenvalue weighted by atomic mass is 10.0. The van der Waals surface area contributed by atoms with Gasteiger partial charge >= 0.3 is 0 Å². The van der Waals surface area contributed by atoms with Crippen LogP contribution in [0.2, 0.25) is 0 Å². The minimum absolute atomic E-state index is 0.00427. The Bertz CT molecular complexity index is 1570. The number of nitrogens with zero attached hydrogens (tertiary/aromatic N) is 2. The second-order valence-corrected chi connectivity index (χ2v) is 11.9. The fraction of sp³-hybridized carbons (Fsp3) is 0.148. The maximum atomic E-state index is 13.5. The zero-order valence-electron chi connectivity index (χ0n) is 20.9. The van der Waals surface area contributed by atoms with Crippen molar-refractivity contribution >= 4 is 56.1 Å². The van der Waals surface area contributed by atoms with E-state index in [0.29, 0.717) is 27.7 Å². The van der Waals surface area contributed by atoms with Crippen molar-refractivity contribution in [2.24, 2.45) is 5.14 Å². The molecular formula is C27H25N3O5S3. The highest BCUT2D eigenvalue weighted by molar-refractivity contribution is 8.26. The third kappa shape index (κ3) is 5.97. The number of furan rings is 1. The zero-order valence-corrected chi connectivity index (χ0v) is 23.3. The molecule has 1 saturated heterocycles. The molecule has 0 bridgehead atoms. The van der Waals surface area contributed by atoms with Gasteiger partial charge in [0.2, 0.25) is 10.0 Å². The van der Waals surface area contributed by atoms with Crippen molar-refractivity contribution in [2.45, 2.75) is 18.2 Å². The first-order valence-electron chi connectivity index (χ1n) is 11.4. The van der Waals surface area contributed by atoms with Crippen LogP contribution >= 0.6 is 24.0 Å². The van der Waals surface area contributed by atoms with E-state index in [1.54, 1.807) is 56.3 Å². The molecule has 1 fully saturated rings. The molecule has 0 atom stereocenters. The Kier molecular flexibility index (Phi) is 8.02. The van der Waals surface area contributed by atoms with E-state index in [2.05, 4.69) is 0 Å². The Morgan fingerprint density at radius 3 is 2.34 bits per heavy atom. The van der Waals surface area contributed by atoms with Gasteiger partial charge in [-0.3, -0.25) is 14.5 Å². The molecule has 8 nitrogen and oxygen atoms in total.